The van der Waals surface area contributed by atoms with Crippen molar-refractivity contribution >= 4 is 27.0 Å². The van der Waals surface area contributed by atoms with E-state index in [1.807, 2.05) is 0 Å². The molecule has 0 aliphatic rings. The number of nitrogens with zero attached hydrogens (tertiary/aromatic N) is 4. The number of sulfone groups is 1. The minimum Gasteiger partial charge on any atom is -0.338 e. The predicted octanol–water partition coefficient (Wildman–Crippen LogP) is 2.63. The van der Waals surface area contributed by atoms with Gasteiger partial charge in [0.05, 0.1) is 33.6 Å². The maximum Gasteiger partial charge on any atom is 0.290 e. The zero-order valence-corrected chi connectivity index (χ0v) is 14.8. The molecule has 0 atom stereocenters. The van der Waals surface area contributed by atoms with Crippen LogP contribution in [-0.4, -0.2) is 34.4 Å². The van der Waals surface area contributed by atoms with Crippen LogP contribution in [0, 0.1) is 17.0 Å². The summed E-state index contributed by atoms with van der Waals surface area (Å²) in [5, 5.41) is 18.0. The molecule has 0 fully saturated rings. The molecular weight excluding hydrogens is 358 g/mol. The summed E-state index contributed by atoms with van der Waals surface area (Å²) in [6.07, 6.45) is 5.44. The van der Waals surface area contributed by atoms with Gasteiger partial charge in [0.15, 0.2) is 9.84 Å². The van der Waals surface area contributed by atoms with E-state index in [-0.39, 0.29) is 10.6 Å². The normalized spacial score (nSPS) is 11.3. The van der Waals surface area contributed by atoms with Crippen LogP contribution in [-0.2, 0) is 9.84 Å². The first-order chi connectivity index (χ1) is 12.3. The summed E-state index contributed by atoms with van der Waals surface area (Å²) >= 11 is 0. The Morgan fingerprint density at radius 2 is 1.96 bits per heavy atom. The van der Waals surface area contributed by atoms with Crippen molar-refractivity contribution in [3.05, 3.63) is 64.6 Å². The Labute approximate surface area is 149 Å². The Balaban J connectivity index is 1.90. The Hall–Kier alpha value is -3.27. The van der Waals surface area contributed by atoms with Crippen LogP contribution >= 0.6 is 0 Å². The zero-order valence-electron chi connectivity index (χ0n) is 13.9. The number of aromatic nitrogens is 3. The number of para-hydroxylation sites is 1. The number of pyridine rings is 1. The lowest BCUT2D eigenvalue weighted by Gasteiger charge is -2.07. The van der Waals surface area contributed by atoms with Gasteiger partial charge < -0.3 is 5.32 Å². The summed E-state index contributed by atoms with van der Waals surface area (Å²) < 4.78 is 25.3. The second-order valence-electron chi connectivity index (χ2n) is 5.65. The summed E-state index contributed by atoms with van der Waals surface area (Å²) in [6.45, 7) is 1.62. The van der Waals surface area contributed by atoms with Crippen molar-refractivity contribution < 1.29 is 13.3 Å². The smallest absolute Gasteiger partial charge is 0.290 e. The number of aryl methyl sites for hydroxylation is 1. The van der Waals surface area contributed by atoms with Gasteiger partial charge in [-0.2, -0.15) is 5.10 Å². The Bertz CT molecular complexity index is 1090. The molecule has 0 aliphatic carbocycles. The van der Waals surface area contributed by atoms with Gasteiger partial charge in [-0.3, -0.25) is 10.1 Å². The monoisotopic (exact) mass is 373 g/mol. The van der Waals surface area contributed by atoms with Crippen LogP contribution in [0.25, 0.3) is 5.69 Å². The molecule has 0 bridgehead atoms. The van der Waals surface area contributed by atoms with E-state index in [0.717, 1.165) is 6.26 Å². The highest BCUT2D eigenvalue weighted by Crippen LogP contribution is 2.24. The third-order valence-electron chi connectivity index (χ3n) is 3.65. The molecule has 1 N–H and O–H groups in total. The fourth-order valence-corrected chi connectivity index (χ4v) is 3.30. The van der Waals surface area contributed by atoms with E-state index < -0.39 is 14.8 Å². The highest BCUT2D eigenvalue weighted by atomic mass is 32.2. The van der Waals surface area contributed by atoms with Crippen molar-refractivity contribution in [1.82, 2.24) is 14.8 Å². The van der Waals surface area contributed by atoms with E-state index in [1.54, 1.807) is 37.4 Å². The SMILES string of the molecule is Cc1cc(Nc2cnn(-c3ccccc3S(C)(=O)=O)c2)ncc1[N+](=O)[O-]. The molecule has 0 amide bonds. The van der Waals surface area contributed by atoms with Gasteiger partial charge in [-0.25, -0.2) is 18.1 Å². The number of hydrogen-bond donors (Lipinski definition) is 1. The molecule has 3 aromatic rings. The zero-order chi connectivity index (χ0) is 18.9. The summed E-state index contributed by atoms with van der Waals surface area (Å²) in [5.74, 6) is 0.420. The standard InChI is InChI=1S/C16H15N5O4S/c1-11-7-16(17-9-14(11)21(22)23)19-12-8-18-20(10-12)13-5-3-4-6-15(13)26(2,24)25/h3-10H,1-2H3,(H,17,19). The molecule has 0 radical (unpaired) electrons. The van der Waals surface area contributed by atoms with Gasteiger partial charge in [-0.05, 0) is 25.1 Å². The number of nitro groups is 1. The third kappa shape index (κ3) is 3.54. The highest BCUT2D eigenvalue weighted by molar-refractivity contribution is 7.90. The van der Waals surface area contributed by atoms with Crippen LogP contribution in [0.5, 0.6) is 0 Å². The van der Waals surface area contributed by atoms with Gasteiger partial charge in [0.1, 0.15) is 12.0 Å². The van der Waals surface area contributed by atoms with Crippen molar-refractivity contribution in [3.63, 3.8) is 0 Å². The molecular formula is C16H15N5O4S. The van der Waals surface area contributed by atoms with Crippen LogP contribution in [0.4, 0.5) is 17.2 Å². The molecule has 0 saturated carbocycles. The van der Waals surface area contributed by atoms with Crippen LogP contribution in [0.15, 0.2) is 53.8 Å². The van der Waals surface area contributed by atoms with Crippen molar-refractivity contribution in [2.45, 2.75) is 11.8 Å². The second-order valence-corrected chi connectivity index (χ2v) is 7.64. The van der Waals surface area contributed by atoms with Gasteiger partial charge in [0, 0.05) is 11.8 Å². The number of rotatable bonds is 5. The molecule has 1 aromatic carbocycles. The molecule has 2 heterocycles. The first-order valence-electron chi connectivity index (χ1n) is 7.48. The molecule has 9 nitrogen and oxygen atoms in total. The predicted molar refractivity (Wildman–Crippen MR) is 95.6 cm³/mol. The molecule has 0 spiro atoms. The van der Waals surface area contributed by atoms with Crippen LogP contribution < -0.4 is 5.32 Å². The summed E-state index contributed by atoms with van der Waals surface area (Å²) in [5.41, 5.74) is 1.40. The first-order valence-corrected chi connectivity index (χ1v) is 9.37. The van der Waals surface area contributed by atoms with Gasteiger partial charge in [-0.15, -0.1) is 0 Å². The van der Waals surface area contributed by atoms with E-state index in [9.17, 15) is 18.5 Å². The molecule has 134 valence electrons. The summed E-state index contributed by atoms with van der Waals surface area (Å²) in [4.78, 5) is 14.5. The van der Waals surface area contributed by atoms with Gasteiger partial charge >= 0.3 is 0 Å². The van der Waals surface area contributed by atoms with E-state index in [0.29, 0.717) is 22.8 Å². The fraction of sp³-hybridized carbons (Fsp3) is 0.125. The lowest BCUT2D eigenvalue weighted by molar-refractivity contribution is -0.385. The Kier molecular flexibility index (Phi) is 4.43. The molecule has 26 heavy (non-hydrogen) atoms. The first kappa shape index (κ1) is 17.5. The molecule has 0 aliphatic heterocycles. The Morgan fingerprint density at radius 1 is 1.23 bits per heavy atom. The maximum atomic E-state index is 11.9. The quantitative estimate of drug-likeness (QED) is 0.539. The molecule has 10 heteroatoms. The molecule has 0 unspecified atom stereocenters. The highest BCUT2D eigenvalue weighted by Gasteiger charge is 2.15. The average molecular weight is 373 g/mol. The summed E-state index contributed by atoms with van der Waals surface area (Å²) in [6, 6.07) is 8.09. The largest absolute Gasteiger partial charge is 0.338 e. The second kappa shape index (κ2) is 6.56. The number of benzene rings is 1. The number of anilines is 2. The number of nitrogens with one attached hydrogen (secondary N) is 1. The van der Waals surface area contributed by atoms with E-state index in [4.69, 9.17) is 0 Å². The maximum absolute atomic E-state index is 11.9. The van der Waals surface area contributed by atoms with Crippen LogP contribution in [0.3, 0.4) is 0 Å². The van der Waals surface area contributed by atoms with Crippen molar-refractivity contribution in [1.29, 1.82) is 0 Å². The van der Waals surface area contributed by atoms with Gasteiger partial charge in [0.25, 0.3) is 5.69 Å². The van der Waals surface area contributed by atoms with Gasteiger partial charge in [-0.1, -0.05) is 12.1 Å². The van der Waals surface area contributed by atoms with E-state index >= 15 is 0 Å². The average Bonchev–Trinajstić information content (AvgIpc) is 3.02. The minimum absolute atomic E-state index is 0.0617. The van der Waals surface area contributed by atoms with Crippen molar-refractivity contribution in [2.75, 3.05) is 11.6 Å². The molecule has 2 aromatic heterocycles. The number of hydrogen-bond acceptors (Lipinski definition) is 7. The van der Waals surface area contributed by atoms with Crippen molar-refractivity contribution in [2.24, 2.45) is 0 Å². The van der Waals surface area contributed by atoms with Crippen LogP contribution in [0.1, 0.15) is 5.56 Å². The van der Waals surface area contributed by atoms with Gasteiger partial charge in [0.2, 0.25) is 0 Å². The minimum atomic E-state index is -3.41. The topological polar surface area (TPSA) is 120 Å². The molecule has 0 saturated heterocycles. The summed E-state index contributed by atoms with van der Waals surface area (Å²) in [7, 11) is -3.41. The van der Waals surface area contributed by atoms with E-state index in [1.165, 1.54) is 23.1 Å². The lowest BCUT2D eigenvalue weighted by Crippen LogP contribution is -2.05. The van der Waals surface area contributed by atoms with Crippen LogP contribution in [0.2, 0.25) is 0 Å². The Morgan fingerprint density at radius 3 is 2.62 bits per heavy atom. The van der Waals surface area contributed by atoms with E-state index in [2.05, 4.69) is 15.4 Å². The van der Waals surface area contributed by atoms with Crippen molar-refractivity contribution in [3.8, 4) is 5.69 Å². The third-order valence-corrected chi connectivity index (χ3v) is 4.79. The molecule has 3 rings (SSSR count). The lowest BCUT2D eigenvalue weighted by atomic mass is 10.2. The fourth-order valence-electron chi connectivity index (χ4n) is 2.44.